The summed E-state index contributed by atoms with van der Waals surface area (Å²) < 4.78 is 7.02. The average Bonchev–Trinajstić information content (AvgIpc) is 2.85. The lowest BCUT2D eigenvalue weighted by atomic mass is 10.2. The highest BCUT2D eigenvalue weighted by Gasteiger charge is 2.15. The first-order chi connectivity index (χ1) is 12.7. The van der Waals surface area contributed by atoms with Gasteiger partial charge in [-0.3, -0.25) is 9.48 Å². The first-order valence-corrected chi connectivity index (χ1v) is 9.04. The summed E-state index contributed by atoms with van der Waals surface area (Å²) in [5, 5.41) is 7.80. The number of nitrogens with one attached hydrogen (secondary N) is 1. The van der Waals surface area contributed by atoms with Crippen molar-refractivity contribution in [3.8, 4) is 5.88 Å². The van der Waals surface area contributed by atoms with Crippen LogP contribution in [0.2, 0.25) is 5.15 Å². The van der Waals surface area contributed by atoms with Gasteiger partial charge in [0.15, 0.2) is 0 Å². The van der Waals surface area contributed by atoms with Crippen LogP contribution in [-0.4, -0.2) is 41.9 Å². The maximum absolute atomic E-state index is 12.5. The van der Waals surface area contributed by atoms with Crippen molar-refractivity contribution in [1.82, 2.24) is 14.8 Å². The summed E-state index contributed by atoms with van der Waals surface area (Å²) >= 11 is 6.41. The van der Waals surface area contributed by atoms with E-state index in [-0.39, 0.29) is 5.91 Å². The van der Waals surface area contributed by atoms with Crippen LogP contribution in [0.4, 0.5) is 11.4 Å². The molecule has 0 aliphatic heterocycles. The van der Waals surface area contributed by atoms with E-state index in [1.165, 1.54) is 13.2 Å². The van der Waals surface area contributed by atoms with Gasteiger partial charge in [-0.15, -0.1) is 0 Å². The Labute approximate surface area is 165 Å². The third kappa shape index (κ3) is 5.01. The standard InChI is InChI=1S/C19H26ClN5O2/c1-12(2)11-25-18(20)14(13(3)23-25)7-8-16(26)22-17-15(24(4)5)9-10-21-19(17)27-6/h7-10,12H,11H2,1-6H3,(H,22,26)/b8-7+. The Morgan fingerprint density at radius 1 is 1.44 bits per heavy atom. The number of pyridine rings is 1. The average molecular weight is 392 g/mol. The molecule has 146 valence electrons. The molecule has 0 radical (unpaired) electrons. The maximum atomic E-state index is 12.5. The molecule has 1 amide bonds. The number of aromatic nitrogens is 3. The molecule has 8 heteroatoms. The molecule has 0 spiro atoms. The summed E-state index contributed by atoms with van der Waals surface area (Å²) in [7, 11) is 5.28. The summed E-state index contributed by atoms with van der Waals surface area (Å²) in [6, 6.07) is 1.80. The number of carbonyl (C=O) groups is 1. The van der Waals surface area contributed by atoms with E-state index in [0.717, 1.165) is 23.5 Å². The number of hydrogen-bond donors (Lipinski definition) is 1. The molecule has 0 aliphatic rings. The van der Waals surface area contributed by atoms with Gasteiger partial charge >= 0.3 is 0 Å². The van der Waals surface area contributed by atoms with Gasteiger partial charge in [-0.25, -0.2) is 4.98 Å². The molecule has 0 aliphatic carbocycles. The molecule has 0 aromatic carbocycles. The van der Waals surface area contributed by atoms with Gasteiger partial charge < -0.3 is 15.0 Å². The number of hydrogen-bond acceptors (Lipinski definition) is 5. The van der Waals surface area contributed by atoms with Crippen LogP contribution in [0.15, 0.2) is 18.3 Å². The van der Waals surface area contributed by atoms with Crippen LogP contribution in [-0.2, 0) is 11.3 Å². The molecule has 2 aromatic rings. The molecule has 2 aromatic heterocycles. The smallest absolute Gasteiger partial charge is 0.248 e. The van der Waals surface area contributed by atoms with E-state index >= 15 is 0 Å². The van der Waals surface area contributed by atoms with E-state index in [1.54, 1.807) is 23.0 Å². The lowest BCUT2D eigenvalue weighted by molar-refractivity contribution is -0.111. The van der Waals surface area contributed by atoms with Gasteiger partial charge in [0, 0.05) is 38.5 Å². The second kappa shape index (κ2) is 8.90. The van der Waals surface area contributed by atoms with Crippen LogP contribution in [0.5, 0.6) is 5.88 Å². The van der Waals surface area contributed by atoms with E-state index in [0.29, 0.717) is 22.6 Å². The second-order valence-electron chi connectivity index (χ2n) is 6.80. The zero-order valence-electron chi connectivity index (χ0n) is 16.6. The van der Waals surface area contributed by atoms with E-state index in [2.05, 4.69) is 29.2 Å². The predicted octanol–water partition coefficient (Wildman–Crippen LogP) is 3.62. The van der Waals surface area contributed by atoms with E-state index < -0.39 is 0 Å². The Kier molecular flexibility index (Phi) is 6.85. The molecule has 27 heavy (non-hydrogen) atoms. The minimum absolute atomic E-state index is 0.309. The Morgan fingerprint density at radius 3 is 2.74 bits per heavy atom. The van der Waals surface area contributed by atoms with Crippen LogP contribution in [0.3, 0.4) is 0 Å². The zero-order valence-corrected chi connectivity index (χ0v) is 17.3. The maximum Gasteiger partial charge on any atom is 0.248 e. The van der Waals surface area contributed by atoms with Gasteiger partial charge in [0.25, 0.3) is 0 Å². The van der Waals surface area contributed by atoms with Crippen LogP contribution in [0.25, 0.3) is 6.08 Å². The van der Waals surface area contributed by atoms with Crippen molar-refractivity contribution >= 4 is 35.0 Å². The fourth-order valence-electron chi connectivity index (χ4n) is 2.63. The molecule has 1 N–H and O–H groups in total. The van der Waals surface area contributed by atoms with Crippen molar-refractivity contribution in [3.63, 3.8) is 0 Å². The summed E-state index contributed by atoms with van der Waals surface area (Å²) in [6.45, 7) is 6.78. The van der Waals surface area contributed by atoms with Crippen LogP contribution in [0.1, 0.15) is 25.1 Å². The number of methoxy groups -OCH3 is 1. The Morgan fingerprint density at radius 2 is 2.15 bits per heavy atom. The van der Waals surface area contributed by atoms with E-state index in [1.807, 2.05) is 25.9 Å². The fourth-order valence-corrected chi connectivity index (χ4v) is 2.93. The van der Waals surface area contributed by atoms with Crippen LogP contribution in [0, 0.1) is 12.8 Å². The third-order valence-electron chi connectivity index (χ3n) is 3.87. The minimum atomic E-state index is -0.309. The number of carbonyl (C=O) groups excluding carboxylic acids is 1. The number of nitrogens with zero attached hydrogens (tertiary/aromatic N) is 4. The number of aryl methyl sites for hydroxylation is 1. The van der Waals surface area contributed by atoms with E-state index in [4.69, 9.17) is 16.3 Å². The van der Waals surface area contributed by atoms with Crippen LogP contribution >= 0.6 is 11.6 Å². The molecule has 0 bridgehead atoms. The summed E-state index contributed by atoms with van der Waals surface area (Å²) in [6.07, 6.45) is 4.74. The third-order valence-corrected chi connectivity index (χ3v) is 4.27. The highest BCUT2D eigenvalue weighted by molar-refractivity contribution is 6.31. The number of rotatable bonds is 7. The fraction of sp³-hybridized carbons (Fsp3) is 0.421. The van der Waals surface area contributed by atoms with Crippen molar-refractivity contribution < 1.29 is 9.53 Å². The van der Waals surface area contributed by atoms with Crippen LogP contribution < -0.4 is 15.0 Å². The number of halogens is 1. The first-order valence-electron chi connectivity index (χ1n) is 8.66. The molecule has 0 unspecified atom stereocenters. The highest BCUT2D eigenvalue weighted by Crippen LogP contribution is 2.32. The molecule has 2 rings (SSSR count). The summed E-state index contributed by atoms with van der Waals surface area (Å²) in [4.78, 5) is 18.5. The molecule has 0 saturated carbocycles. The van der Waals surface area contributed by atoms with Gasteiger partial charge in [0.05, 0.1) is 18.5 Å². The number of anilines is 2. The Hall–Kier alpha value is -2.54. The molecule has 7 nitrogen and oxygen atoms in total. The molecule has 0 atom stereocenters. The SMILES string of the molecule is COc1nccc(N(C)C)c1NC(=O)/C=C/c1c(C)nn(CC(C)C)c1Cl. The molecule has 2 heterocycles. The molecule has 0 saturated heterocycles. The largest absolute Gasteiger partial charge is 0.479 e. The van der Waals surface area contributed by atoms with Gasteiger partial charge in [-0.05, 0) is 25.0 Å². The normalized spacial score (nSPS) is 11.3. The lowest BCUT2D eigenvalue weighted by Crippen LogP contribution is -2.16. The predicted molar refractivity (Wildman–Crippen MR) is 110 cm³/mol. The quantitative estimate of drug-likeness (QED) is 0.730. The van der Waals surface area contributed by atoms with E-state index in [9.17, 15) is 4.79 Å². The zero-order chi connectivity index (χ0) is 20.1. The summed E-state index contributed by atoms with van der Waals surface area (Å²) in [5.41, 5.74) is 2.82. The topological polar surface area (TPSA) is 72.3 Å². The number of amides is 1. The lowest BCUT2D eigenvalue weighted by Gasteiger charge is -2.18. The molecular weight excluding hydrogens is 366 g/mol. The molecule has 0 fully saturated rings. The van der Waals surface area contributed by atoms with Crippen molar-refractivity contribution in [1.29, 1.82) is 0 Å². The number of ether oxygens (including phenoxy) is 1. The van der Waals surface area contributed by atoms with Gasteiger partial charge in [-0.1, -0.05) is 25.4 Å². The van der Waals surface area contributed by atoms with Gasteiger partial charge in [-0.2, -0.15) is 5.10 Å². The minimum Gasteiger partial charge on any atom is -0.479 e. The Bertz CT molecular complexity index is 843. The van der Waals surface area contributed by atoms with Gasteiger partial charge in [0.2, 0.25) is 11.8 Å². The van der Waals surface area contributed by atoms with Gasteiger partial charge in [0.1, 0.15) is 10.8 Å². The first kappa shape index (κ1) is 20.8. The van der Waals surface area contributed by atoms with Crippen molar-refractivity contribution in [2.45, 2.75) is 27.3 Å². The second-order valence-corrected chi connectivity index (χ2v) is 7.16. The van der Waals surface area contributed by atoms with Crippen molar-refractivity contribution in [2.24, 2.45) is 5.92 Å². The highest BCUT2D eigenvalue weighted by atomic mass is 35.5. The Balaban J connectivity index is 2.23. The van der Waals surface area contributed by atoms with Crippen molar-refractivity contribution in [2.75, 3.05) is 31.4 Å². The monoisotopic (exact) mass is 391 g/mol. The summed E-state index contributed by atoms with van der Waals surface area (Å²) in [5.74, 6) is 0.461. The van der Waals surface area contributed by atoms with Crippen molar-refractivity contribution in [3.05, 3.63) is 34.7 Å². The molecular formula is C19H26ClN5O2.